The highest BCUT2D eigenvalue weighted by Gasteiger charge is 2.05. The molecule has 0 aliphatic heterocycles. The Labute approximate surface area is 91.7 Å². The van der Waals surface area contributed by atoms with Gasteiger partial charge < -0.3 is 9.88 Å². The van der Waals surface area contributed by atoms with Gasteiger partial charge in [0.05, 0.1) is 5.69 Å². The molecule has 0 radical (unpaired) electrons. The minimum atomic E-state index is -0.879. The van der Waals surface area contributed by atoms with Crippen LogP contribution in [0.3, 0.4) is 0 Å². The summed E-state index contributed by atoms with van der Waals surface area (Å²) in [5.41, 5.74) is 1.32. The Morgan fingerprint density at radius 1 is 1.25 bits per heavy atom. The van der Waals surface area contributed by atoms with Gasteiger partial charge in [-0.1, -0.05) is 0 Å². The highest BCUT2D eigenvalue weighted by atomic mass is 19.2. The van der Waals surface area contributed by atoms with E-state index in [0.29, 0.717) is 11.6 Å². The molecule has 0 aliphatic carbocycles. The van der Waals surface area contributed by atoms with Gasteiger partial charge in [-0.15, -0.1) is 0 Å². The zero-order chi connectivity index (χ0) is 11.7. The van der Waals surface area contributed by atoms with Crippen molar-refractivity contribution >= 4 is 11.6 Å². The summed E-state index contributed by atoms with van der Waals surface area (Å²) in [5.74, 6) is -1.15. The van der Waals surface area contributed by atoms with Crippen LogP contribution in [-0.2, 0) is 7.05 Å². The van der Waals surface area contributed by atoms with Crippen molar-refractivity contribution in [1.29, 1.82) is 0 Å². The average Bonchev–Trinajstić information content (AvgIpc) is 2.51. The molecule has 5 heteroatoms. The Kier molecular flexibility index (Phi) is 2.60. The molecule has 1 heterocycles. The van der Waals surface area contributed by atoms with Crippen LogP contribution in [0.4, 0.5) is 20.4 Å². The van der Waals surface area contributed by atoms with E-state index < -0.39 is 11.6 Å². The Hall–Kier alpha value is -1.91. The molecule has 0 saturated heterocycles. The summed E-state index contributed by atoms with van der Waals surface area (Å²) in [7, 11) is 1.82. The van der Waals surface area contributed by atoms with Gasteiger partial charge in [-0.3, -0.25) is 0 Å². The summed E-state index contributed by atoms with van der Waals surface area (Å²) in [6.07, 6.45) is 1.84. The van der Waals surface area contributed by atoms with Gasteiger partial charge in [-0.25, -0.2) is 13.8 Å². The van der Waals surface area contributed by atoms with E-state index in [4.69, 9.17) is 0 Å². The molecule has 2 rings (SSSR count). The van der Waals surface area contributed by atoms with Crippen LogP contribution in [0, 0.1) is 18.6 Å². The van der Waals surface area contributed by atoms with E-state index in [-0.39, 0.29) is 0 Å². The lowest BCUT2D eigenvalue weighted by Gasteiger charge is -2.05. The molecule has 0 bridgehead atoms. The number of hydrogen-bond acceptors (Lipinski definition) is 2. The Bertz CT molecular complexity index is 520. The van der Waals surface area contributed by atoms with Crippen LogP contribution >= 0.6 is 0 Å². The van der Waals surface area contributed by atoms with Gasteiger partial charge in [0.25, 0.3) is 0 Å². The predicted molar refractivity (Wildman–Crippen MR) is 57.6 cm³/mol. The minimum absolute atomic E-state index is 0.465. The molecular formula is C11H11F2N3. The van der Waals surface area contributed by atoms with Crippen LogP contribution in [0.15, 0.2) is 24.4 Å². The van der Waals surface area contributed by atoms with E-state index in [9.17, 15) is 8.78 Å². The fourth-order valence-electron chi connectivity index (χ4n) is 1.44. The van der Waals surface area contributed by atoms with E-state index in [2.05, 4.69) is 10.3 Å². The molecule has 0 atom stereocenters. The fraction of sp³-hybridized carbons (Fsp3) is 0.182. The van der Waals surface area contributed by atoms with Gasteiger partial charge >= 0.3 is 0 Å². The number of nitrogens with zero attached hydrogens (tertiary/aromatic N) is 2. The number of aromatic nitrogens is 2. The molecule has 0 amide bonds. The molecule has 0 unspecified atom stereocenters. The summed E-state index contributed by atoms with van der Waals surface area (Å²) < 4.78 is 27.4. The molecular weight excluding hydrogens is 212 g/mol. The second kappa shape index (κ2) is 3.92. The van der Waals surface area contributed by atoms with Gasteiger partial charge in [-0.05, 0) is 19.1 Å². The first-order valence-corrected chi connectivity index (χ1v) is 4.78. The third-order valence-corrected chi connectivity index (χ3v) is 2.17. The second-order valence-electron chi connectivity index (χ2n) is 3.57. The van der Waals surface area contributed by atoms with E-state index in [1.165, 1.54) is 6.07 Å². The van der Waals surface area contributed by atoms with Crippen LogP contribution in [0.25, 0.3) is 0 Å². The standard InChI is InChI=1S/C11H11F2N3/c1-7-6-16(2)11(14-7)15-8-3-4-9(12)10(13)5-8/h3-6H,1-2H3,(H,14,15). The predicted octanol–water partition coefficient (Wildman–Crippen LogP) is 2.75. The van der Waals surface area contributed by atoms with Crippen molar-refractivity contribution in [2.45, 2.75) is 6.92 Å². The molecule has 0 spiro atoms. The number of rotatable bonds is 2. The average molecular weight is 223 g/mol. The maximum absolute atomic E-state index is 12.9. The van der Waals surface area contributed by atoms with Crippen LogP contribution in [-0.4, -0.2) is 9.55 Å². The fourth-order valence-corrected chi connectivity index (χ4v) is 1.44. The van der Waals surface area contributed by atoms with E-state index in [1.807, 2.05) is 20.2 Å². The Balaban J connectivity index is 2.27. The summed E-state index contributed by atoms with van der Waals surface area (Å²) in [6.45, 7) is 1.86. The lowest BCUT2D eigenvalue weighted by molar-refractivity contribution is 0.509. The van der Waals surface area contributed by atoms with Crippen molar-refractivity contribution in [1.82, 2.24) is 9.55 Å². The molecule has 3 nitrogen and oxygen atoms in total. The highest BCUT2D eigenvalue weighted by Crippen LogP contribution is 2.17. The zero-order valence-electron chi connectivity index (χ0n) is 8.96. The second-order valence-corrected chi connectivity index (χ2v) is 3.57. The SMILES string of the molecule is Cc1cn(C)c(Nc2ccc(F)c(F)c2)n1. The maximum Gasteiger partial charge on any atom is 0.207 e. The molecule has 16 heavy (non-hydrogen) atoms. The summed E-state index contributed by atoms with van der Waals surface area (Å²) in [6, 6.07) is 3.63. The minimum Gasteiger partial charge on any atom is -0.326 e. The summed E-state index contributed by atoms with van der Waals surface area (Å²) in [4.78, 5) is 4.19. The number of halogens is 2. The summed E-state index contributed by atoms with van der Waals surface area (Å²) >= 11 is 0. The lowest BCUT2D eigenvalue weighted by atomic mass is 10.3. The molecule has 2 aromatic rings. The molecule has 1 aromatic heterocycles. The van der Waals surface area contributed by atoms with Crippen molar-refractivity contribution in [3.63, 3.8) is 0 Å². The van der Waals surface area contributed by atoms with Crippen molar-refractivity contribution in [2.24, 2.45) is 7.05 Å². The maximum atomic E-state index is 12.9. The van der Waals surface area contributed by atoms with Crippen molar-refractivity contribution < 1.29 is 8.78 Å². The smallest absolute Gasteiger partial charge is 0.207 e. The van der Waals surface area contributed by atoms with Crippen LogP contribution in [0.1, 0.15) is 5.69 Å². The van der Waals surface area contributed by atoms with E-state index in [1.54, 1.807) is 4.57 Å². The molecule has 0 saturated carbocycles. The first kappa shape index (κ1) is 10.6. The molecule has 84 valence electrons. The quantitative estimate of drug-likeness (QED) is 0.848. The van der Waals surface area contributed by atoms with Gasteiger partial charge in [-0.2, -0.15) is 0 Å². The summed E-state index contributed by atoms with van der Waals surface area (Å²) in [5, 5.41) is 2.91. The number of imidazole rings is 1. The van der Waals surface area contributed by atoms with Crippen LogP contribution in [0.2, 0.25) is 0 Å². The zero-order valence-corrected chi connectivity index (χ0v) is 8.96. The van der Waals surface area contributed by atoms with Crippen LogP contribution in [0.5, 0.6) is 0 Å². The first-order chi connectivity index (χ1) is 7.56. The third-order valence-electron chi connectivity index (χ3n) is 2.17. The van der Waals surface area contributed by atoms with E-state index >= 15 is 0 Å². The highest BCUT2D eigenvalue weighted by molar-refractivity contribution is 5.53. The van der Waals surface area contributed by atoms with E-state index in [0.717, 1.165) is 17.8 Å². The van der Waals surface area contributed by atoms with Crippen molar-refractivity contribution in [3.05, 3.63) is 41.7 Å². The molecule has 1 aromatic carbocycles. The topological polar surface area (TPSA) is 29.9 Å². The van der Waals surface area contributed by atoms with Gasteiger partial charge in [0.2, 0.25) is 5.95 Å². The largest absolute Gasteiger partial charge is 0.326 e. The Morgan fingerprint density at radius 3 is 2.56 bits per heavy atom. The number of benzene rings is 1. The monoisotopic (exact) mass is 223 g/mol. The van der Waals surface area contributed by atoms with Gasteiger partial charge in [0, 0.05) is 25.0 Å². The molecule has 0 aliphatic rings. The van der Waals surface area contributed by atoms with Gasteiger partial charge in [0.1, 0.15) is 0 Å². The normalized spacial score (nSPS) is 10.5. The molecule has 1 N–H and O–H groups in total. The number of anilines is 2. The van der Waals surface area contributed by atoms with Crippen molar-refractivity contribution in [2.75, 3.05) is 5.32 Å². The van der Waals surface area contributed by atoms with Crippen LogP contribution < -0.4 is 5.32 Å². The Morgan fingerprint density at radius 2 is 2.00 bits per heavy atom. The lowest BCUT2D eigenvalue weighted by Crippen LogP contribution is -1.99. The third kappa shape index (κ3) is 2.03. The number of aryl methyl sites for hydroxylation is 2. The van der Waals surface area contributed by atoms with Crippen molar-refractivity contribution in [3.8, 4) is 0 Å². The molecule has 0 fully saturated rings. The first-order valence-electron chi connectivity index (χ1n) is 4.78. The number of nitrogens with one attached hydrogen (secondary N) is 1. The van der Waals surface area contributed by atoms with Gasteiger partial charge in [0.15, 0.2) is 11.6 Å². The number of hydrogen-bond donors (Lipinski definition) is 1.